The minimum absolute atomic E-state index is 0.145. The molecule has 0 saturated heterocycles. The number of hydrogen-bond acceptors (Lipinski definition) is 3. The maximum Gasteiger partial charge on any atom is 0.253 e. The number of nitrogens with zero attached hydrogens (tertiary/aromatic N) is 2. The number of rotatable bonds is 6. The van der Waals surface area contributed by atoms with Crippen LogP contribution in [0.4, 0.5) is 0 Å². The molecule has 6 heteroatoms. The van der Waals surface area contributed by atoms with Gasteiger partial charge < -0.3 is 4.57 Å². The average Bonchev–Trinajstić information content (AvgIpc) is 2.97. The predicted octanol–water partition coefficient (Wildman–Crippen LogP) is 5.69. The van der Waals surface area contributed by atoms with Gasteiger partial charge in [0, 0.05) is 32.6 Å². The van der Waals surface area contributed by atoms with E-state index in [1.165, 1.54) is 17.3 Å². The fraction of sp³-hybridized carbons (Fsp3) is 0.217. The number of carbonyl (C=O) groups excluding carboxylic acids is 1. The fourth-order valence-corrected chi connectivity index (χ4v) is 4.10. The maximum absolute atomic E-state index is 12.3. The fourth-order valence-electron chi connectivity index (χ4n) is 3.11. The van der Waals surface area contributed by atoms with E-state index in [1.54, 1.807) is 6.21 Å². The summed E-state index contributed by atoms with van der Waals surface area (Å²) < 4.78 is 2.19. The van der Waals surface area contributed by atoms with Crippen molar-refractivity contribution in [2.75, 3.05) is 0 Å². The number of aromatic nitrogens is 1. The molecule has 0 aliphatic rings. The van der Waals surface area contributed by atoms with Crippen molar-refractivity contribution in [3.8, 4) is 5.69 Å². The largest absolute Gasteiger partial charge is 0.318 e. The molecule has 1 atom stereocenters. The number of halogens is 1. The van der Waals surface area contributed by atoms with Crippen LogP contribution in [0.2, 0.25) is 5.02 Å². The first kappa shape index (κ1) is 21.2. The van der Waals surface area contributed by atoms with E-state index in [9.17, 15) is 4.79 Å². The van der Waals surface area contributed by atoms with E-state index in [-0.39, 0.29) is 11.2 Å². The van der Waals surface area contributed by atoms with Crippen LogP contribution in [-0.4, -0.2) is 21.9 Å². The molecule has 0 bridgehead atoms. The van der Waals surface area contributed by atoms with Crippen molar-refractivity contribution >= 4 is 35.5 Å². The maximum atomic E-state index is 12.3. The van der Waals surface area contributed by atoms with Crippen LogP contribution in [0.15, 0.2) is 64.6 Å². The van der Waals surface area contributed by atoms with Gasteiger partial charge in [-0.15, -0.1) is 11.8 Å². The summed E-state index contributed by atoms with van der Waals surface area (Å²) in [5, 5.41) is 4.58. The first-order valence-electron chi connectivity index (χ1n) is 9.36. The second kappa shape index (κ2) is 9.33. The number of aryl methyl sites for hydroxylation is 2. The van der Waals surface area contributed by atoms with Crippen molar-refractivity contribution in [3.05, 3.63) is 82.1 Å². The van der Waals surface area contributed by atoms with Gasteiger partial charge in [0.1, 0.15) is 0 Å². The molecule has 150 valence electrons. The molecule has 0 spiro atoms. The Hall–Kier alpha value is -2.50. The Kier molecular flexibility index (Phi) is 6.83. The van der Waals surface area contributed by atoms with Crippen molar-refractivity contribution in [3.63, 3.8) is 0 Å². The molecular weight excluding hydrogens is 402 g/mol. The van der Waals surface area contributed by atoms with E-state index in [1.807, 2.05) is 31.2 Å². The third kappa shape index (κ3) is 5.31. The van der Waals surface area contributed by atoms with Crippen LogP contribution in [0.25, 0.3) is 5.69 Å². The number of nitrogens with one attached hydrogen (secondary N) is 1. The van der Waals surface area contributed by atoms with Crippen molar-refractivity contribution < 1.29 is 4.79 Å². The van der Waals surface area contributed by atoms with E-state index in [0.29, 0.717) is 5.02 Å². The third-order valence-electron chi connectivity index (χ3n) is 4.60. The molecule has 1 aromatic heterocycles. The van der Waals surface area contributed by atoms with Crippen LogP contribution < -0.4 is 5.43 Å². The zero-order valence-electron chi connectivity index (χ0n) is 16.9. The molecule has 4 nitrogen and oxygen atoms in total. The molecule has 3 aromatic rings. The Balaban J connectivity index is 1.66. The van der Waals surface area contributed by atoms with Crippen molar-refractivity contribution in [1.29, 1.82) is 0 Å². The Labute approximate surface area is 181 Å². The van der Waals surface area contributed by atoms with Gasteiger partial charge in [0.15, 0.2) is 0 Å². The summed E-state index contributed by atoms with van der Waals surface area (Å²) in [6.45, 7) is 8.06. The number of hydrogen-bond donors (Lipinski definition) is 1. The summed E-state index contributed by atoms with van der Waals surface area (Å²) in [6.07, 6.45) is 1.70. The molecule has 0 unspecified atom stereocenters. The second-order valence-corrected chi connectivity index (χ2v) is 8.80. The minimum Gasteiger partial charge on any atom is -0.318 e. The van der Waals surface area contributed by atoms with Crippen LogP contribution in [0.5, 0.6) is 0 Å². The first-order valence-corrected chi connectivity index (χ1v) is 10.6. The third-order valence-corrected chi connectivity index (χ3v) is 5.97. The summed E-state index contributed by atoms with van der Waals surface area (Å²) in [5.74, 6) is -0.145. The normalized spacial score (nSPS) is 12.3. The topological polar surface area (TPSA) is 46.4 Å². The Bertz CT molecular complexity index is 1040. The van der Waals surface area contributed by atoms with Crippen LogP contribution in [-0.2, 0) is 4.79 Å². The van der Waals surface area contributed by atoms with Crippen molar-refractivity contribution in [1.82, 2.24) is 9.99 Å². The molecule has 1 amide bonds. The monoisotopic (exact) mass is 425 g/mol. The van der Waals surface area contributed by atoms with E-state index in [0.717, 1.165) is 27.5 Å². The summed E-state index contributed by atoms with van der Waals surface area (Å²) in [6, 6.07) is 17.9. The molecule has 2 aromatic carbocycles. The number of thioether (sulfide) groups is 1. The lowest BCUT2D eigenvalue weighted by Gasteiger charge is -2.10. The highest BCUT2D eigenvalue weighted by Crippen LogP contribution is 2.25. The van der Waals surface area contributed by atoms with E-state index in [4.69, 9.17) is 11.6 Å². The van der Waals surface area contributed by atoms with Gasteiger partial charge in [-0.05, 0) is 75.7 Å². The lowest BCUT2D eigenvalue weighted by Crippen LogP contribution is -2.26. The molecule has 29 heavy (non-hydrogen) atoms. The van der Waals surface area contributed by atoms with Gasteiger partial charge >= 0.3 is 0 Å². The average molecular weight is 426 g/mol. The highest BCUT2D eigenvalue weighted by atomic mass is 35.5. The van der Waals surface area contributed by atoms with Gasteiger partial charge in [0.25, 0.3) is 5.91 Å². The summed E-state index contributed by atoms with van der Waals surface area (Å²) in [5.41, 5.74) is 8.15. The quantitative estimate of drug-likeness (QED) is 0.313. The van der Waals surface area contributed by atoms with Crippen LogP contribution in [0.3, 0.4) is 0 Å². The van der Waals surface area contributed by atoms with E-state index in [2.05, 4.69) is 66.2 Å². The molecule has 0 fully saturated rings. The number of amides is 1. The molecule has 0 aliphatic carbocycles. The summed E-state index contributed by atoms with van der Waals surface area (Å²) in [4.78, 5) is 13.3. The molecule has 0 aliphatic heterocycles. The zero-order chi connectivity index (χ0) is 21.0. The molecule has 3 rings (SSSR count). The molecular formula is C23H24ClN3OS. The number of hydrazone groups is 1. The van der Waals surface area contributed by atoms with Gasteiger partial charge in [-0.25, -0.2) is 5.43 Å². The molecule has 1 heterocycles. The highest BCUT2D eigenvalue weighted by Gasteiger charge is 2.14. The van der Waals surface area contributed by atoms with Gasteiger partial charge in [0.05, 0.1) is 11.5 Å². The number of carbonyl (C=O) groups is 1. The Morgan fingerprint density at radius 3 is 2.55 bits per heavy atom. The predicted molar refractivity (Wildman–Crippen MR) is 122 cm³/mol. The first-order chi connectivity index (χ1) is 13.8. The van der Waals surface area contributed by atoms with Crippen LogP contribution >= 0.6 is 23.4 Å². The molecule has 1 N–H and O–H groups in total. The SMILES string of the molecule is Cc1cccc(-n2c(C)cc(/C=N\NC(=O)[C@H](C)Sc3ccc(Cl)cc3)c2C)c1. The van der Waals surface area contributed by atoms with Gasteiger partial charge in [-0.2, -0.15) is 5.10 Å². The van der Waals surface area contributed by atoms with Crippen LogP contribution in [0.1, 0.15) is 29.4 Å². The lowest BCUT2D eigenvalue weighted by molar-refractivity contribution is -0.120. The second-order valence-electron chi connectivity index (χ2n) is 6.95. The lowest BCUT2D eigenvalue weighted by atomic mass is 10.2. The van der Waals surface area contributed by atoms with Gasteiger partial charge in [0.2, 0.25) is 0 Å². The minimum atomic E-state index is -0.270. The Morgan fingerprint density at radius 2 is 1.86 bits per heavy atom. The van der Waals surface area contributed by atoms with E-state index < -0.39 is 0 Å². The van der Waals surface area contributed by atoms with E-state index >= 15 is 0 Å². The van der Waals surface area contributed by atoms with Crippen LogP contribution in [0, 0.1) is 20.8 Å². The smallest absolute Gasteiger partial charge is 0.253 e. The van der Waals surface area contributed by atoms with Gasteiger partial charge in [-0.3, -0.25) is 4.79 Å². The number of benzene rings is 2. The Morgan fingerprint density at radius 1 is 1.14 bits per heavy atom. The summed E-state index contributed by atoms with van der Waals surface area (Å²) >= 11 is 7.37. The van der Waals surface area contributed by atoms with Gasteiger partial charge in [-0.1, -0.05) is 23.7 Å². The molecule has 0 radical (unpaired) electrons. The van der Waals surface area contributed by atoms with Crippen molar-refractivity contribution in [2.24, 2.45) is 5.10 Å². The highest BCUT2D eigenvalue weighted by molar-refractivity contribution is 8.00. The zero-order valence-corrected chi connectivity index (χ0v) is 18.5. The summed E-state index contributed by atoms with van der Waals surface area (Å²) in [7, 11) is 0. The molecule has 0 saturated carbocycles. The van der Waals surface area contributed by atoms with Crippen molar-refractivity contribution in [2.45, 2.75) is 37.8 Å². The standard InChI is InChI=1S/C23H24ClN3OS/c1-15-6-5-7-21(12-15)27-16(2)13-19(17(27)3)14-25-26-23(28)18(4)29-22-10-8-20(24)9-11-22/h5-14,18H,1-4H3,(H,26,28)/b25-14-/t18-/m0/s1.